The highest BCUT2D eigenvalue weighted by atomic mass is 35.6. The maximum absolute atomic E-state index is 11.0. The van der Waals surface area contributed by atoms with Gasteiger partial charge in [0.2, 0.25) is 3.79 Å². The molecule has 0 saturated carbocycles. The number of carbonyl (C=O) groups excluding carboxylic acids is 2. The number of Topliss-reactive ketones (excluding diaryl/α,β-unsaturated/α-hetero) is 1. The third-order valence-corrected chi connectivity index (χ3v) is 1.85. The van der Waals surface area contributed by atoms with Crippen LogP contribution in [0, 0.1) is 5.92 Å². The summed E-state index contributed by atoms with van der Waals surface area (Å²) in [6, 6.07) is 0. The SMILES string of the molecule is CCC(C(=O)[O-])C(=O)C(Cl)(Cl)Cl. The van der Waals surface area contributed by atoms with Crippen LogP contribution in [0.5, 0.6) is 0 Å². The van der Waals surface area contributed by atoms with E-state index in [9.17, 15) is 14.7 Å². The second kappa shape index (κ2) is 4.30. The smallest absolute Gasteiger partial charge is 0.249 e. The summed E-state index contributed by atoms with van der Waals surface area (Å²) in [5.74, 6) is -3.83. The first-order chi connectivity index (χ1) is 5.30. The van der Waals surface area contributed by atoms with E-state index in [0.717, 1.165) is 0 Å². The number of halogens is 3. The van der Waals surface area contributed by atoms with Crippen molar-refractivity contribution in [2.24, 2.45) is 5.92 Å². The van der Waals surface area contributed by atoms with Crippen molar-refractivity contribution in [2.45, 2.75) is 17.1 Å². The predicted octanol–water partition coefficient (Wildman–Crippen LogP) is 0.702. The van der Waals surface area contributed by atoms with Gasteiger partial charge in [-0.05, 0) is 6.42 Å². The first kappa shape index (κ1) is 12.0. The zero-order chi connectivity index (χ0) is 9.94. The zero-order valence-electron chi connectivity index (χ0n) is 6.14. The second-order valence-corrected chi connectivity index (χ2v) is 4.42. The fourth-order valence-corrected chi connectivity index (χ4v) is 1.05. The molecular formula is C6H6Cl3O3-. The lowest BCUT2D eigenvalue weighted by Crippen LogP contribution is -2.40. The number of hydrogen-bond acceptors (Lipinski definition) is 3. The van der Waals surface area contributed by atoms with Crippen LogP contribution >= 0.6 is 34.8 Å². The molecule has 0 saturated heterocycles. The van der Waals surface area contributed by atoms with Crippen molar-refractivity contribution in [3.8, 4) is 0 Å². The fraction of sp³-hybridized carbons (Fsp3) is 0.667. The van der Waals surface area contributed by atoms with Crippen molar-refractivity contribution >= 4 is 46.6 Å². The molecule has 1 atom stereocenters. The molecule has 0 aromatic heterocycles. The third-order valence-electron chi connectivity index (χ3n) is 1.29. The van der Waals surface area contributed by atoms with Crippen LogP contribution in [0.3, 0.4) is 0 Å². The molecule has 0 aromatic carbocycles. The summed E-state index contributed by atoms with van der Waals surface area (Å²) in [5, 5.41) is 10.3. The standard InChI is InChI=1S/C6H7Cl3O3/c1-2-3(5(11)12)4(10)6(7,8)9/h3H,2H2,1H3,(H,11,12)/p-1. The highest BCUT2D eigenvalue weighted by Gasteiger charge is 2.36. The lowest BCUT2D eigenvalue weighted by molar-refractivity contribution is -0.310. The molecule has 0 rings (SSSR count). The Kier molecular flexibility index (Phi) is 4.31. The number of carboxylic acids is 1. The van der Waals surface area contributed by atoms with Crippen molar-refractivity contribution in [3.05, 3.63) is 0 Å². The first-order valence-corrected chi connectivity index (χ1v) is 4.26. The van der Waals surface area contributed by atoms with E-state index < -0.39 is 21.5 Å². The number of carbonyl (C=O) groups is 2. The van der Waals surface area contributed by atoms with Crippen LogP contribution < -0.4 is 5.11 Å². The van der Waals surface area contributed by atoms with Gasteiger partial charge < -0.3 is 9.90 Å². The molecule has 12 heavy (non-hydrogen) atoms. The first-order valence-electron chi connectivity index (χ1n) is 3.12. The second-order valence-electron chi connectivity index (χ2n) is 2.14. The molecule has 0 aliphatic rings. The monoisotopic (exact) mass is 231 g/mol. The van der Waals surface area contributed by atoms with Crippen LogP contribution in [-0.2, 0) is 9.59 Å². The average molecular weight is 232 g/mol. The van der Waals surface area contributed by atoms with Gasteiger partial charge in [0.25, 0.3) is 0 Å². The van der Waals surface area contributed by atoms with Crippen molar-refractivity contribution in [2.75, 3.05) is 0 Å². The highest BCUT2D eigenvalue weighted by Crippen LogP contribution is 2.30. The van der Waals surface area contributed by atoms with Crippen LogP contribution in [0.1, 0.15) is 13.3 Å². The number of carboxylic acid groups (broad SMARTS) is 1. The maximum Gasteiger partial charge on any atom is 0.249 e. The molecule has 0 fully saturated rings. The van der Waals surface area contributed by atoms with Crippen molar-refractivity contribution < 1.29 is 14.7 Å². The molecule has 6 heteroatoms. The maximum atomic E-state index is 11.0. The molecule has 0 aliphatic carbocycles. The molecule has 0 radical (unpaired) electrons. The molecular weight excluding hydrogens is 226 g/mol. The summed E-state index contributed by atoms with van der Waals surface area (Å²) in [6.45, 7) is 1.49. The zero-order valence-corrected chi connectivity index (χ0v) is 8.41. The summed E-state index contributed by atoms with van der Waals surface area (Å²) >= 11 is 15.6. The predicted molar refractivity (Wildman–Crippen MR) is 44.1 cm³/mol. The van der Waals surface area contributed by atoms with E-state index in [-0.39, 0.29) is 6.42 Å². The molecule has 70 valence electrons. The van der Waals surface area contributed by atoms with Gasteiger partial charge in [-0.3, -0.25) is 4.79 Å². The number of ketones is 1. The quantitative estimate of drug-likeness (QED) is 0.532. The minimum Gasteiger partial charge on any atom is -0.549 e. The van der Waals surface area contributed by atoms with Crippen molar-refractivity contribution in [1.82, 2.24) is 0 Å². The van der Waals surface area contributed by atoms with Gasteiger partial charge in [0, 0.05) is 0 Å². The van der Waals surface area contributed by atoms with Crippen molar-refractivity contribution in [3.63, 3.8) is 0 Å². The number of aliphatic carboxylic acids is 1. The molecule has 0 spiro atoms. The number of rotatable bonds is 3. The Labute approximate surface area is 84.6 Å². The Morgan fingerprint density at radius 3 is 1.92 bits per heavy atom. The van der Waals surface area contributed by atoms with Gasteiger partial charge in [-0.1, -0.05) is 41.7 Å². The minimum atomic E-state index is -2.18. The Bertz CT molecular complexity index is 197. The molecule has 0 aromatic rings. The molecule has 1 unspecified atom stereocenters. The van der Waals surface area contributed by atoms with Crippen molar-refractivity contribution in [1.29, 1.82) is 0 Å². The van der Waals surface area contributed by atoms with E-state index in [1.165, 1.54) is 6.92 Å². The van der Waals surface area contributed by atoms with Crippen LogP contribution in [-0.4, -0.2) is 15.5 Å². The molecule has 0 aliphatic heterocycles. The average Bonchev–Trinajstić information content (AvgIpc) is 1.86. The number of alkyl halides is 3. The summed E-state index contributed by atoms with van der Waals surface area (Å²) in [6.07, 6.45) is 0.0507. The topological polar surface area (TPSA) is 57.2 Å². The van der Waals surface area contributed by atoms with Gasteiger partial charge >= 0.3 is 0 Å². The molecule has 0 amide bonds. The molecule has 3 nitrogen and oxygen atoms in total. The van der Waals surface area contributed by atoms with Gasteiger partial charge in [-0.2, -0.15) is 0 Å². The summed E-state index contributed by atoms with van der Waals surface area (Å²) in [5.41, 5.74) is 0. The lowest BCUT2D eigenvalue weighted by Gasteiger charge is -2.18. The van der Waals surface area contributed by atoms with E-state index in [0.29, 0.717) is 0 Å². The van der Waals surface area contributed by atoms with E-state index in [1.54, 1.807) is 0 Å². The Morgan fingerprint density at radius 1 is 1.42 bits per heavy atom. The van der Waals surface area contributed by atoms with Gasteiger partial charge in [-0.25, -0.2) is 0 Å². The van der Waals surface area contributed by atoms with Crippen LogP contribution in [0.2, 0.25) is 0 Å². The Morgan fingerprint density at radius 2 is 1.83 bits per heavy atom. The normalized spacial score (nSPS) is 14.0. The van der Waals surface area contributed by atoms with Crippen LogP contribution in [0.4, 0.5) is 0 Å². The highest BCUT2D eigenvalue weighted by molar-refractivity contribution is 6.76. The largest absolute Gasteiger partial charge is 0.549 e. The minimum absolute atomic E-state index is 0.0507. The van der Waals surface area contributed by atoms with E-state index in [4.69, 9.17) is 34.8 Å². The van der Waals surface area contributed by atoms with Gasteiger partial charge in [-0.15, -0.1) is 0 Å². The summed E-state index contributed by atoms with van der Waals surface area (Å²) < 4.78 is -2.18. The molecule has 0 bridgehead atoms. The Balaban J connectivity index is 4.55. The van der Waals surface area contributed by atoms with E-state index >= 15 is 0 Å². The lowest BCUT2D eigenvalue weighted by atomic mass is 10.0. The third kappa shape index (κ3) is 3.17. The van der Waals surface area contributed by atoms with Gasteiger partial charge in [0.1, 0.15) is 0 Å². The Hall–Kier alpha value is 0.01000. The van der Waals surface area contributed by atoms with Crippen LogP contribution in [0.15, 0.2) is 0 Å². The summed E-state index contributed by atoms with van der Waals surface area (Å²) in [7, 11) is 0. The fourth-order valence-electron chi connectivity index (χ4n) is 0.657. The molecule has 0 heterocycles. The van der Waals surface area contributed by atoms with Gasteiger partial charge in [0.05, 0.1) is 11.9 Å². The number of hydrogen-bond donors (Lipinski definition) is 0. The van der Waals surface area contributed by atoms with Crippen LogP contribution in [0.25, 0.3) is 0 Å². The van der Waals surface area contributed by atoms with Gasteiger partial charge in [0.15, 0.2) is 5.78 Å². The summed E-state index contributed by atoms with van der Waals surface area (Å²) in [4.78, 5) is 21.3. The van der Waals surface area contributed by atoms with E-state index in [2.05, 4.69) is 0 Å². The molecule has 0 N–H and O–H groups in total. The van der Waals surface area contributed by atoms with E-state index in [1.807, 2.05) is 0 Å².